The number of halogens is 2. The van der Waals surface area contributed by atoms with Crippen molar-refractivity contribution in [3.63, 3.8) is 0 Å². The minimum atomic E-state index is -3.05. The summed E-state index contributed by atoms with van der Waals surface area (Å²) in [5.74, 6) is 0. The minimum absolute atomic E-state index is 0. The van der Waals surface area contributed by atoms with E-state index in [4.69, 9.17) is 0 Å². The van der Waals surface area contributed by atoms with Crippen LogP contribution in [0.2, 0.25) is 0 Å². The van der Waals surface area contributed by atoms with E-state index in [9.17, 15) is 0 Å². The molecule has 10 rings (SSSR count). The third-order valence-electron chi connectivity index (χ3n) is 10.5. The normalized spacial score (nSPS) is 14.9. The molecule has 0 saturated heterocycles. The first-order chi connectivity index (χ1) is 23.8. The molecule has 50 heavy (non-hydrogen) atoms. The third kappa shape index (κ3) is 5.18. The topological polar surface area (TPSA) is 0 Å². The fourth-order valence-electron chi connectivity index (χ4n) is 8.39. The first-order valence-corrected chi connectivity index (χ1v) is 20.7. The molecular weight excluding hydrogens is 727 g/mol. The molecule has 238 valence electrons. The Morgan fingerprint density at radius 1 is 0.420 bits per heavy atom. The number of hydrogen-bond donors (Lipinski definition) is 0. The zero-order valence-electron chi connectivity index (χ0n) is 27.3. The van der Waals surface area contributed by atoms with Crippen molar-refractivity contribution in [1.82, 2.24) is 0 Å². The standard InChI is InChI=1S/2C17H11.C13H10.2ClH.Zr/c2*1-2-6-15-12(4-1)8-10-14-11-9-13-5-3-7-16(13)17(14)15;1-3-7-12(8-4-1)11-13-9-5-2-6-10-13;;;/h2*1-6,8-10H,11H2;1-10H;2*1H;/q;;;;;+2/p-2. The fraction of sp³-hybridized carbons (Fsp3) is 0.0426. The molecule has 4 aliphatic rings. The monoisotopic (exact) mass is 756 g/mol. The molecule has 0 aromatic heterocycles. The van der Waals surface area contributed by atoms with Gasteiger partial charge in [-0.2, -0.15) is 0 Å². The molecule has 6 aromatic rings. The van der Waals surface area contributed by atoms with Gasteiger partial charge in [0.15, 0.2) is 0 Å². The van der Waals surface area contributed by atoms with E-state index in [2.05, 4.69) is 170 Å². The van der Waals surface area contributed by atoms with Crippen molar-refractivity contribution in [3.8, 4) is 0 Å². The van der Waals surface area contributed by atoms with Crippen LogP contribution in [0.15, 0.2) is 188 Å². The number of fused-ring (bicyclic) bond motifs is 10. The smallest absolute Gasteiger partial charge is 1.00 e. The van der Waals surface area contributed by atoms with Gasteiger partial charge in [0.05, 0.1) is 0 Å². The summed E-state index contributed by atoms with van der Waals surface area (Å²) in [4.78, 5) is 0. The van der Waals surface area contributed by atoms with Crippen LogP contribution in [-0.4, -0.2) is 3.21 Å². The minimum Gasteiger partial charge on any atom is -1.00 e. The van der Waals surface area contributed by atoms with Crippen LogP contribution in [0, 0.1) is 0 Å². The van der Waals surface area contributed by atoms with Gasteiger partial charge in [0.25, 0.3) is 0 Å². The van der Waals surface area contributed by atoms with Crippen molar-refractivity contribution in [2.45, 2.75) is 12.8 Å². The van der Waals surface area contributed by atoms with Crippen molar-refractivity contribution in [2.24, 2.45) is 0 Å². The molecule has 4 aliphatic carbocycles. The summed E-state index contributed by atoms with van der Waals surface area (Å²) in [5.41, 5.74) is 14.2. The Morgan fingerprint density at radius 3 is 1.30 bits per heavy atom. The van der Waals surface area contributed by atoms with Crippen LogP contribution in [-0.2, 0) is 34.1 Å². The second kappa shape index (κ2) is 13.4. The first-order valence-electron chi connectivity index (χ1n) is 17.0. The van der Waals surface area contributed by atoms with Gasteiger partial charge in [-0.1, -0.05) is 0 Å². The number of allylic oxidation sites excluding steroid dienone is 12. The molecule has 0 radical (unpaired) electrons. The van der Waals surface area contributed by atoms with Crippen LogP contribution in [0.3, 0.4) is 0 Å². The summed E-state index contributed by atoms with van der Waals surface area (Å²) >= 11 is -3.05. The Hall–Kier alpha value is -4.39. The zero-order valence-corrected chi connectivity index (χ0v) is 31.3. The zero-order chi connectivity index (χ0) is 31.6. The van der Waals surface area contributed by atoms with Crippen molar-refractivity contribution in [1.29, 1.82) is 0 Å². The molecule has 3 heteroatoms. The average molecular weight is 759 g/mol. The predicted octanol–water partition coefficient (Wildman–Crippen LogP) is 5.12. The predicted molar refractivity (Wildman–Crippen MR) is 200 cm³/mol. The van der Waals surface area contributed by atoms with Gasteiger partial charge in [0.1, 0.15) is 0 Å². The van der Waals surface area contributed by atoms with Crippen molar-refractivity contribution in [2.75, 3.05) is 0 Å². The van der Waals surface area contributed by atoms with Crippen molar-refractivity contribution in [3.05, 3.63) is 221 Å². The molecule has 0 aliphatic heterocycles. The largest absolute Gasteiger partial charge is 1.00 e. The Bertz CT molecular complexity index is 2400. The van der Waals surface area contributed by atoms with Gasteiger partial charge in [-0.05, 0) is 0 Å². The Balaban J connectivity index is 0.00000180. The third-order valence-corrected chi connectivity index (χ3v) is 17.8. The maximum atomic E-state index is 2.52. The molecular formula is C47H32Cl2Zr. The molecule has 0 atom stereocenters. The summed E-state index contributed by atoms with van der Waals surface area (Å²) < 4.78 is 4.69. The molecule has 0 saturated carbocycles. The Kier molecular flexibility index (Phi) is 8.78. The van der Waals surface area contributed by atoms with Gasteiger partial charge in [-0.15, -0.1) is 0 Å². The summed E-state index contributed by atoms with van der Waals surface area (Å²) in [5, 5.41) is 5.37. The van der Waals surface area contributed by atoms with Crippen LogP contribution < -0.4 is 24.8 Å². The molecule has 0 fully saturated rings. The van der Waals surface area contributed by atoms with E-state index in [-0.39, 0.29) is 24.8 Å². The SMILES string of the molecule is C1=C[C]([Zr+2]([C]2=C3C(=CCc4ccc5ccccc5c43)C=C2)=[C](c2ccccc2)c2ccccc2)=C2C1=CCc1ccc3ccccc3c12.[Cl-].[Cl-]. The van der Waals surface area contributed by atoms with E-state index < -0.39 is 21.3 Å². The van der Waals surface area contributed by atoms with Gasteiger partial charge in [-0.3, -0.25) is 0 Å². The van der Waals surface area contributed by atoms with E-state index in [0.717, 1.165) is 12.8 Å². The van der Waals surface area contributed by atoms with E-state index in [0.29, 0.717) is 0 Å². The second-order valence-electron chi connectivity index (χ2n) is 13.1. The van der Waals surface area contributed by atoms with Crippen molar-refractivity contribution < 1.29 is 46.1 Å². The van der Waals surface area contributed by atoms with Gasteiger partial charge in [0, 0.05) is 0 Å². The Morgan fingerprint density at radius 2 is 0.840 bits per heavy atom. The molecule has 0 amide bonds. The van der Waals surface area contributed by atoms with Crippen LogP contribution in [0.25, 0.3) is 32.7 Å². The van der Waals surface area contributed by atoms with Gasteiger partial charge in [-0.25, -0.2) is 0 Å². The first kappa shape index (κ1) is 32.8. The van der Waals surface area contributed by atoms with Crippen LogP contribution >= 0.6 is 0 Å². The molecule has 0 N–H and O–H groups in total. The van der Waals surface area contributed by atoms with Crippen molar-refractivity contribution >= 4 is 35.9 Å². The molecule has 6 aromatic carbocycles. The maximum absolute atomic E-state index is 3.05. The molecule has 0 spiro atoms. The number of benzene rings is 6. The fourth-order valence-corrected chi connectivity index (χ4v) is 16.4. The molecule has 0 unspecified atom stereocenters. The van der Waals surface area contributed by atoms with Crippen LogP contribution in [0.5, 0.6) is 0 Å². The number of rotatable bonds is 4. The molecule has 0 heterocycles. The number of hydrogen-bond acceptors (Lipinski definition) is 0. The van der Waals surface area contributed by atoms with Crippen LogP contribution in [0.1, 0.15) is 33.4 Å². The van der Waals surface area contributed by atoms with E-state index >= 15 is 0 Å². The summed E-state index contributed by atoms with van der Waals surface area (Å²) in [6, 6.07) is 49.9. The quantitative estimate of drug-likeness (QED) is 0.235. The second-order valence-corrected chi connectivity index (χ2v) is 18.8. The van der Waals surface area contributed by atoms with Crippen LogP contribution in [0.4, 0.5) is 0 Å². The molecule has 0 nitrogen and oxygen atoms in total. The summed E-state index contributed by atoms with van der Waals surface area (Å²) in [6.45, 7) is 0. The van der Waals surface area contributed by atoms with E-state index in [1.807, 2.05) is 0 Å². The average Bonchev–Trinajstić information content (AvgIpc) is 3.79. The maximum Gasteiger partial charge on any atom is -1.00 e. The summed E-state index contributed by atoms with van der Waals surface area (Å²) in [6.07, 6.45) is 16.8. The van der Waals surface area contributed by atoms with E-state index in [1.165, 1.54) is 77.2 Å². The van der Waals surface area contributed by atoms with Gasteiger partial charge in [0.2, 0.25) is 0 Å². The van der Waals surface area contributed by atoms with Gasteiger partial charge < -0.3 is 24.8 Å². The molecule has 0 bridgehead atoms. The van der Waals surface area contributed by atoms with Gasteiger partial charge >= 0.3 is 291 Å². The Labute approximate surface area is 313 Å². The summed E-state index contributed by atoms with van der Waals surface area (Å²) in [7, 11) is 0. The van der Waals surface area contributed by atoms with E-state index in [1.54, 1.807) is 9.77 Å².